The summed E-state index contributed by atoms with van der Waals surface area (Å²) < 4.78 is 1.90. The van der Waals surface area contributed by atoms with Crippen molar-refractivity contribution in [1.82, 2.24) is 24.6 Å². The number of pyridine rings is 1. The van der Waals surface area contributed by atoms with E-state index in [9.17, 15) is 4.79 Å². The molecular weight excluding hydrogens is 420 g/mol. The van der Waals surface area contributed by atoms with Crippen molar-refractivity contribution in [2.75, 3.05) is 31.1 Å². The van der Waals surface area contributed by atoms with Crippen molar-refractivity contribution in [3.63, 3.8) is 0 Å². The lowest BCUT2D eigenvalue weighted by Crippen LogP contribution is -2.48. The monoisotopic (exact) mass is 446 g/mol. The molecule has 0 radical (unpaired) electrons. The van der Waals surface area contributed by atoms with Crippen LogP contribution in [-0.4, -0.2) is 56.7 Å². The molecule has 1 aromatic carbocycles. The molecule has 5 rings (SSSR count). The van der Waals surface area contributed by atoms with Gasteiger partial charge in [-0.15, -0.1) is 11.3 Å². The Kier molecular flexibility index (Phi) is 5.38. The molecule has 4 aromatic rings. The van der Waals surface area contributed by atoms with Gasteiger partial charge < -0.3 is 9.80 Å². The first-order valence-electron chi connectivity index (χ1n) is 10.9. The number of anilines is 1. The summed E-state index contributed by atoms with van der Waals surface area (Å²) in [5, 5.41) is 8.37. The number of piperazine rings is 1. The molecule has 0 spiro atoms. The third kappa shape index (κ3) is 3.64. The maximum Gasteiger partial charge on any atom is 0.254 e. The molecule has 32 heavy (non-hydrogen) atoms. The highest BCUT2D eigenvalue weighted by Gasteiger charge is 2.26. The lowest BCUT2D eigenvalue weighted by Gasteiger charge is -2.34. The van der Waals surface area contributed by atoms with Crippen LogP contribution in [0.15, 0.2) is 48.1 Å². The van der Waals surface area contributed by atoms with Gasteiger partial charge in [-0.25, -0.2) is 14.6 Å². The fourth-order valence-corrected chi connectivity index (χ4v) is 4.91. The minimum Gasteiger partial charge on any atom is -0.345 e. The zero-order valence-electron chi connectivity index (χ0n) is 18.5. The molecule has 1 fully saturated rings. The van der Waals surface area contributed by atoms with Crippen LogP contribution in [0.2, 0.25) is 0 Å². The molecule has 1 saturated heterocycles. The Bertz CT molecular complexity index is 1250. The van der Waals surface area contributed by atoms with E-state index >= 15 is 0 Å². The molecule has 1 aliphatic rings. The Hall–Kier alpha value is -3.26. The Balaban J connectivity index is 1.53. The highest BCUT2D eigenvalue weighted by molar-refractivity contribution is 7.13. The summed E-state index contributed by atoms with van der Waals surface area (Å²) in [7, 11) is 0. The number of amides is 1. The summed E-state index contributed by atoms with van der Waals surface area (Å²) in [4.78, 5) is 27.2. The van der Waals surface area contributed by atoms with Crippen molar-refractivity contribution in [2.45, 2.75) is 26.8 Å². The van der Waals surface area contributed by atoms with Gasteiger partial charge in [-0.1, -0.05) is 24.3 Å². The number of carbonyl (C=O) groups is 1. The normalized spacial score (nSPS) is 14.5. The summed E-state index contributed by atoms with van der Waals surface area (Å²) in [5.41, 5.74) is 4.40. The quantitative estimate of drug-likeness (QED) is 0.465. The summed E-state index contributed by atoms with van der Waals surface area (Å²) in [6.45, 7) is 9.12. The van der Waals surface area contributed by atoms with Crippen molar-refractivity contribution in [2.24, 2.45) is 0 Å². The Morgan fingerprint density at radius 1 is 1.12 bits per heavy atom. The average Bonchev–Trinajstić information content (AvgIpc) is 3.49. The molecule has 0 bridgehead atoms. The largest absolute Gasteiger partial charge is 0.345 e. The Morgan fingerprint density at radius 2 is 1.91 bits per heavy atom. The highest BCUT2D eigenvalue weighted by atomic mass is 32.1. The van der Waals surface area contributed by atoms with Crippen molar-refractivity contribution < 1.29 is 4.79 Å². The number of fused-ring (bicyclic) bond motifs is 1. The van der Waals surface area contributed by atoms with Crippen LogP contribution in [0.3, 0.4) is 0 Å². The van der Waals surface area contributed by atoms with Gasteiger partial charge in [0.25, 0.3) is 5.91 Å². The summed E-state index contributed by atoms with van der Waals surface area (Å²) in [6, 6.07) is 10.2. The number of nitrogens with zero attached hydrogens (tertiary/aromatic N) is 6. The fourth-order valence-electron chi connectivity index (χ4n) is 4.21. The van der Waals surface area contributed by atoms with E-state index in [2.05, 4.69) is 47.9 Å². The van der Waals surface area contributed by atoms with Crippen molar-refractivity contribution in [1.29, 1.82) is 0 Å². The number of thiazole rings is 1. The first-order chi connectivity index (χ1) is 15.5. The summed E-state index contributed by atoms with van der Waals surface area (Å²) in [5.74, 6) is 0.0364. The minimum atomic E-state index is 0.0364. The molecule has 0 unspecified atom stereocenters. The van der Waals surface area contributed by atoms with Gasteiger partial charge in [-0.2, -0.15) is 5.10 Å². The first-order valence-corrected chi connectivity index (χ1v) is 11.8. The van der Waals surface area contributed by atoms with Gasteiger partial charge in [0, 0.05) is 49.4 Å². The predicted molar refractivity (Wildman–Crippen MR) is 128 cm³/mol. The van der Waals surface area contributed by atoms with Gasteiger partial charge >= 0.3 is 0 Å². The SMILES string of the molecule is Cc1ccccc1-c1cc(C(=O)N2CCN(c3nccs3)CC2)c2cnn(C(C)C)c2n1. The van der Waals surface area contributed by atoms with E-state index in [0.29, 0.717) is 18.7 Å². The molecule has 0 N–H and O–H groups in total. The lowest BCUT2D eigenvalue weighted by atomic mass is 10.0. The van der Waals surface area contributed by atoms with Gasteiger partial charge in [0.15, 0.2) is 10.8 Å². The van der Waals surface area contributed by atoms with E-state index < -0.39 is 0 Å². The summed E-state index contributed by atoms with van der Waals surface area (Å²) in [6.07, 6.45) is 3.60. The van der Waals surface area contributed by atoms with Crippen molar-refractivity contribution in [3.8, 4) is 11.3 Å². The molecule has 164 valence electrons. The lowest BCUT2D eigenvalue weighted by molar-refractivity contribution is 0.0748. The van der Waals surface area contributed by atoms with Crippen LogP contribution in [0, 0.1) is 6.92 Å². The number of benzene rings is 1. The molecule has 7 nitrogen and oxygen atoms in total. The second-order valence-corrected chi connectivity index (χ2v) is 9.26. The zero-order valence-corrected chi connectivity index (χ0v) is 19.3. The molecule has 1 aliphatic heterocycles. The van der Waals surface area contributed by atoms with Crippen LogP contribution in [0.4, 0.5) is 5.13 Å². The first kappa shape index (κ1) is 20.6. The number of hydrogen-bond acceptors (Lipinski definition) is 6. The fraction of sp³-hybridized carbons (Fsp3) is 0.333. The molecule has 1 amide bonds. The van der Waals surface area contributed by atoms with Gasteiger partial charge in [-0.05, 0) is 32.4 Å². The zero-order chi connectivity index (χ0) is 22.2. The number of aryl methyl sites for hydroxylation is 1. The van der Waals surface area contributed by atoms with E-state index in [4.69, 9.17) is 4.98 Å². The standard InChI is InChI=1S/C24H26N6OS/c1-16(2)30-22-20(15-26-30)19(14-21(27-22)18-7-5-4-6-17(18)3)23(31)28-9-11-29(12-10-28)24-25-8-13-32-24/h4-8,13-16H,9-12H2,1-3H3. The molecule has 8 heteroatoms. The van der Waals surface area contributed by atoms with Crippen LogP contribution in [-0.2, 0) is 0 Å². The Morgan fingerprint density at radius 3 is 2.59 bits per heavy atom. The second-order valence-electron chi connectivity index (χ2n) is 8.38. The van der Waals surface area contributed by atoms with E-state index in [0.717, 1.165) is 46.1 Å². The highest BCUT2D eigenvalue weighted by Crippen LogP contribution is 2.29. The van der Waals surface area contributed by atoms with Crippen LogP contribution in [0.5, 0.6) is 0 Å². The number of carbonyl (C=O) groups excluding carboxylic acids is 1. The molecule has 0 aliphatic carbocycles. The predicted octanol–water partition coefficient (Wildman–Crippen LogP) is 4.41. The third-order valence-corrected chi connectivity index (χ3v) is 6.80. The van der Waals surface area contributed by atoms with E-state index in [1.54, 1.807) is 17.5 Å². The van der Waals surface area contributed by atoms with E-state index in [1.165, 1.54) is 0 Å². The summed E-state index contributed by atoms with van der Waals surface area (Å²) >= 11 is 1.64. The molecular formula is C24H26N6OS. The van der Waals surface area contributed by atoms with Crippen LogP contribution < -0.4 is 4.90 Å². The van der Waals surface area contributed by atoms with Gasteiger partial charge in [0.2, 0.25) is 0 Å². The van der Waals surface area contributed by atoms with E-state index in [-0.39, 0.29) is 11.9 Å². The van der Waals surface area contributed by atoms with Crippen LogP contribution in [0.25, 0.3) is 22.3 Å². The third-order valence-electron chi connectivity index (χ3n) is 5.96. The number of rotatable bonds is 4. The van der Waals surface area contributed by atoms with Gasteiger partial charge in [0.1, 0.15) is 0 Å². The van der Waals surface area contributed by atoms with Crippen molar-refractivity contribution >= 4 is 33.4 Å². The smallest absolute Gasteiger partial charge is 0.254 e. The average molecular weight is 447 g/mol. The maximum absolute atomic E-state index is 13.7. The molecule has 0 atom stereocenters. The number of aromatic nitrogens is 4. The molecule has 3 aromatic heterocycles. The topological polar surface area (TPSA) is 67.2 Å². The van der Waals surface area contributed by atoms with Gasteiger partial charge in [-0.3, -0.25) is 4.79 Å². The molecule has 0 saturated carbocycles. The van der Waals surface area contributed by atoms with Crippen LogP contribution in [0.1, 0.15) is 35.8 Å². The Labute approximate surface area is 191 Å². The second kappa shape index (κ2) is 8.35. The van der Waals surface area contributed by atoms with Gasteiger partial charge in [0.05, 0.1) is 22.8 Å². The maximum atomic E-state index is 13.7. The molecule has 4 heterocycles. The van der Waals surface area contributed by atoms with Crippen LogP contribution >= 0.6 is 11.3 Å². The number of hydrogen-bond donors (Lipinski definition) is 0. The van der Waals surface area contributed by atoms with E-state index in [1.807, 2.05) is 39.4 Å². The van der Waals surface area contributed by atoms with Crippen molar-refractivity contribution in [3.05, 3.63) is 59.2 Å². The minimum absolute atomic E-state index is 0.0364.